The molecule has 0 saturated carbocycles. The van der Waals surface area contributed by atoms with Gasteiger partial charge in [-0.2, -0.15) is 10.2 Å². The number of nitrogens with zero attached hydrogens (tertiary/aromatic N) is 2. The smallest absolute Gasteiger partial charge is 0.330 e. The Balaban J connectivity index is 1.12. The minimum atomic E-state index is -0.690. The van der Waals surface area contributed by atoms with Crippen LogP contribution in [-0.2, 0) is 24.0 Å². The van der Waals surface area contributed by atoms with Crippen molar-refractivity contribution in [3.63, 3.8) is 0 Å². The van der Waals surface area contributed by atoms with Crippen LogP contribution in [-0.4, -0.2) is 62.7 Å². The number of rotatable bonds is 24. The molecule has 12 nitrogen and oxygen atoms in total. The molecular formula is C47H48N2O10. The Labute approximate surface area is 343 Å². The van der Waals surface area contributed by atoms with Gasteiger partial charge in [0.15, 0.2) is 11.5 Å². The summed E-state index contributed by atoms with van der Waals surface area (Å²) in [5.41, 5.74) is 3.21. The van der Waals surface area contributed by atoms with E-state index in [1.165, 1.54) is 0 Å². The van der Waals surface area contributed by atoms with Crippen LogP contribution in [0.4, 0.5) is 0 Å². The first-order valence-corrected chi connectivity index (χ1v) is 19.3. The fourth-order valence-corrected chi connectivity index (χ4v) is 5.72. The topological polar surface area (TPSA) is 144 Å². The normalized spacial score (nSPS) is 11.6. The number of hydrogen-bond donors (Lipinski definition) is 1. The number of hydrogen-bond acceptors (Lipinski definition) is 12. The van der Waals surface area contributed by atoms with Gasteiger partial charge in [-0.1, -0.05) is 49.6 Å². The summed E-state index contributed by atoms with van der Waals surface area (Å²) in [6, 6.07) is 32.0. The molecule has 1 unspecified atom stereocenters. The fourth-order valence-electron chi connectivity index (χ4n) is 5.72. The van der Waals surface area contributed by atoms with E-state index in [9.17, 15) is 14.8 Å². The second-order valence-electron chi connectivity index (χ2n) is 13.0. The van der Waals surface area contributed by atoms with Gasteiger partial charge in [-0.3, -0.25) is 5.26 Å². The predicted molar refractivity (Wildman–Crippen MR) is 227 cm³/mol. The Morgan fingerprint density at radius 2 is 1.10 bits per heavy atom. The van der Waals surface area contributed by atoms with Gasteiger partial charge in [0.1, 0.15) is 23.4 Å². The van der Waals surface area contributed by atoms with Crippen LogP contribution in [0.15, 0.2) is 139 Å². The molecule has 5 aromatic rings. The van der Waals surface area contributed by atoms with Crippen LogP contribution in [0.2, 0.25) is 0 Å². The third-order valence-electron chi connectivity index (χ3n) is 8.72. The van der Waals surface area contributed by atoms with Crippen molar-refractivity contribution in [3.05, 3.63) is 151 Å². The molecule has 12 heteroatoms. The number of carbonyl (C=O) groups is 2. The van der Waals surface area contributed by atoms with Gasteiger partial charge in [0, 0.05) is 12.2 Å². The van der Waals surface area contributed by atoms with Crippen LogP contribution >= 0.6 is 0 Å². The average Bonchev–Trinajstić information content (AvgIpc) is 3.26. The van der Waals surface area contributed by atoms with Crippen molar-refractivity contribution in [2.75, 3.05) is 33.0 Å². The third kappa shape index (κ3) is 14.0. The van der Waals surface area contributed by atoms with Crippen molar-refractivity contribution in [1.82, 2.24) is 0 Å². The Morgan fingerprint density at radius 3 is 1.69 bits per heavy atom. The third-order valence-corrected chi connectivity index (χ3v) is 8.72. The molecule has 5 aromatic carbocycles. The van der Waals surface area contributed by atoms with E-state index in [-0.39, 0.29) is 0 Å². The maximum Gasteiger partial charge on any atom is 0.330 e. The van der Waals surface area contributed by atoms with Gasteiger partial charge in [-0.15, -0.1) is 0 Å². The molecule has 306 valence electrons. The van der Waals surface area contributed by atoms with E-state index in [0.717, 1.165) is 58.0 Å². The van der Waals surface area contributed by atoms with Gasteiger partial charge in [-0.25, -0.2) is 14.5 Å². The Bertz CT molecular complexity index is 2200. The highest BCUT2D eigenvalue weighted by atomic mass is 17.1. The van der Waals surface area contributed by atoms with Gasteiger partial charge < -0.3 is 28.4 Å². The fraction of sp³-hybridized carbons (Fsp3) is 0.234. The summed E-state index contributed by atoms with van der Waals surface area (Å²) in [5.74, 6) is 2.29. The molecule has 0 aromatic heterocycles. The van der Waals surface area contributed by atoms with Crippen molar-refractivity contribution in [3.8, 4) is 28.7 Å². The maximum absolute atomic E-state index is 11.1. The largest absolute Gasteiger partial charge is 0.494 e. The first-order chi connectivity index (χ1) is 28.9. The number of benzene rings is 5. The van der Waals surface area contributed by atoms with E-state index in [0.29, 0.717) is 74.6 Å². The first-order valence-electron chi connectivity index (χ1n) is 19.3. The molecule has 5 rings (SSSR count). The average molecular weight is 801 g/mol. The first kappa shape index (κ1) is 43.4. The summed E-state index contributed by atoms with van der Waals surface area (Å²) in [7, 11) is 0. The molecule has 0 aliphatic rings. The van der Waals surface area contributed by atoms with Gasteiger partial charge in [0.25, 0.3) is 0 Å². The molecule has 0 aliphatic heterocycles. The highest BCUT2D eigenvalue weighted by Gasteiger charge is 2.16. The highest BCUT2D eigenvalue weighted by molar-refractivity contribution is 5.91. The number of carbonyl (C=O) groups excluding carboxylic acids is 2. The molecule has 1 atom stereocenters. The molecule has 0 radical (unpaired) electrons. The SMILES string of the molecule is C=CC(=O)OCCCCOc1ccc(Oc2ccc(/C=N\N=C/c3ccc4cc(C(OO)c5ccc(OCCCCOC(=O)C=C)cc5)ccc4c3)cc2OCC)cc1. The second kappa shape index (κ2) is 23.5. The summed E-state index contributed by atoms with van der Waals surface area (Å²) in [5, 5.41) is 20.3. The molecule has 0 fully saturated rings. The van der Waals surface area contributed by atoms with Crippen molar-refractivity contribution >= 4 is 35.1 Å². The summed E-state index contributed by atoms with van der Waals surface area (Å²) >= 11 is 0. The predicted octanol–water partition coefficient (Wildman–Crippen LogP) is 9.84. The number of unbranched alkanes of at least 4 members (excludes halogenated alkanes) is 2. The monoisotopic (exact) mass is 800 g/mol. The van der Waals surface area contributed by atoms with E-state index in [1.54, 1.807) is 12.4 Å². The standard InChI is InChI=1S/C47H48N2O10/c1-4-45(50)56-27-9-7-25-54-40-18-16-36(17-19-40)47(59-52)39-15-14-37-29-34(11-13-38(37)31-39)32-48-49-33-35-12-24-43(44(30-35)53-6-3)58-42-22-20-41(21-23-42)55-26-8-10-28-57-46(51)5-2/h4-5,11-24,29-33,47,52H,1-2,6-10,25-28H2,3H3/b48-32-,49-33-. The molecule has 1 N–H and O–H groups in total. The van der Waals surface area contributed by atoms with Gasteiger partial charge in [0.05, 0.1) is 45.5 Å². The molecule has 0 aliphatic carbocycles. The minimum absolute atomic E-state index is 0.321. The van der Waals surface area contributed by atoms with Crippen molar-refractivity contribution in [2.45, 2.75) is 38.7 Å². The highest BCUT2D eigenvalue weighted by Crippen LogP contribution is 2.33. The van der Waals surface area contributed by atoms with E-state index in [4.69, 9.17) is 33.3 Å². The Hall–Kier alpha value is -6.76. The van der Waals surface area contributed by atoms with E-state index in [2.05, 4.69) is 23.4 Å². The zero-order valence-corrected chi connectivity index (χ0v) is 33.0. The van der Waals surface area contributed by atoms with Crippen LogP contribution in [0.3, 0.4) is 0 Å². The van der Waals surface area contributed by atoms with Crippen LogP contribution < -0.4 is 18.9 Å². The van der Waals surface area contributed by atoms with E-state index < -0.39 is 18.0 Å². The van der Waals surface area contributed by atoms with Crippen molar-refractivity contribution in [2.24, 2.45) is 10.2 Å². The summed E-state index contributed by atoms with van der Waals surface area (Å²) in [6.45, 7) is 10.7. The lowest BCUT2D eigenvalue weighted by Gasteiger charge is -2.16. The van der Waals surface area contributed by atoms with Crippen LogP contribution in [0, 0.1) is 0 Å². The maximum atomic E-state index is 11.1. The molecule has 0 bridgehead atoms. The zero-order chi connectivity index (χ0) is 41.7. The van der Waals surface area contributed by atoms with Crippen LogP contribution in [0.1, 0.15) is 61.0 Å². The molecule has 0 spiro atoms. The molecular weight excluding hydrogens is 753 g/mol. The quantitative estimate of drug-likeness (QED) is 0.0160. The second-order valence-corrected chi connectivity index (χ2v) is 13.0. The van der Waals surface area contributed by atoms with Crippen molar-refractivity contribution < 1.29 is 48.2 Å². The Morgan fingerprint density at radius 1 is 0.593 bits per heavy atom. The lowest BCUT2D eigenvalue weighted by atomic mass is 9.97. The van der Waals surface area contributed by atoms with Crippen LogP contribution in [0.25, 0.3) is 10.8 Å². The number of ether oxygens (including phenoxy) is 6. The van der Waals surface area contributed by atoms with Gasteiger partial charge in [0.2, 0.25) is 0 Å². The molecule has 59 heavy (non-hydrogen) atoms. The summed E-state index contributed by atoms with van der Waals surface area (Å²) in [4.78, 5) is 27.1. The molecule has 0 saturated heterocycles. The zero-order valence-electron chi connectivity index (χ0n) is 33.0. The van der Waals surface area contributed by atoms with Gasteiger partial charge in [-0.05, 0) is 132 Å². The summed E-state index contributed by atoms with van der Waals surface area (Å²) in [6.07, 6.45) is 7.78. The van der Waals surface area contributed by atoms with Crippen LogP contribution in [0.5, 0.6) is 28.7 Å². The minimum Gasteiger partial charge on any atom is -0.494 e. The van der Waals surface area contributed by atoms with Gasteiger partial charge >= 0.3 is 11.9 Å². The number of fused-ring (bicyclic) bond motifs is 1. The van der Waals surface area contributed by atoms with E-state index in [1.807, 2.05) is 110 Å². The lowest BCUT2D eigenvalue weighted by molar-refractivity contribution is -0.270. The van der Waals surface area contributed by atoms with Crippen molar-refractivity contribution in [1.29, 1.82) is 0 Å². The Kier molecular flexibility index (Phi) is 17.2. The molecule has 0 heterocycles. The molecule has 0 amide bonds. The summed E-state index contributed by atoms with van der Waals surface area (Å²) < 4.78 is 33.5. The number of esters is 2. The van der Waals surface area contributed by atoms with E-state index >= 15 is 0 Å². The lowest BCUT2D eigenvalue weighted by Crippen LogP contribution is -2.05.